The zero-order valence-corrected chi connectivity index (χ0v) is 10.8. The van der Waals surface area contributed by atoms with Gasteiger partial charge in [0, 0.05) is 13.3 Å². The quantitative estimate of drug-likeness (QED) is 0.791. The molecule has 1 N–H and O–H groups in total. The third-order valence-corrected chi connectivity index (χ3v) is 2.36. The van der Waals surface area contributed by atoms with Crippen molar-refractivity contribution in [2.24, 2.45) is 0 Å². The van der Waals surface area contributed by atoms with Crippen LogP contribution in [-0.4, -0.2) is 35.7 Å². The fourth-order valence-electron chi connectivity index (χ4n) is 1.39. The van der Waals surface area contributed by atoms with E-state index in [1.165, 1.54) is 0 Å². The third kappa shape index (κ3) is 3.54. The third-order valence-electron chi connectivity index (χ3n) is 2.36. The molecular weight excluding hydrogens is 248 g/mol. The second kappa shape index (κ2) is 4.37. The molecule has 0 aromatic rings. The molecule has 0 saturated heterocycles. The number of nitrogens with one attached hydrogen (secondary N) is 1. The fraction of sp³-hybridized carbons (Fsp3) is 0.818. The highest BCUT2D eigenvalue weighted by atomic mass is 19.3. The number of alkyl carbamates (subject to hydrolysis) is 1. The number of rotatable bonds is 3. The summed E-state index contributed by atoms with van der Waals surface area (Å²) in [6, 6.07) is 0. The second-order valence-electron chi connectivity index (χ2n) is 5.37. The van der Waals surface area contributed by atoms with E-state index in [1.54, 1.807) is 20.8 Å². The minimum atomic E-state index is -3.08. The summed E-state index contributed by atoms with van der Waals surface area (Å²) in [5.74, 6) is -3.76. The van der Waals surface area contributed by atoms with Gasteiger partial charge >= 0.3 is 12.1 Å². The van der Waals surface area contributed by atoms with Gasteiger partial charge in [0.2, 0.25) is 0 Å². The topological polar surface area (TPSA) is 64.6 Å². The van der Waals surface area contributed by atoms with Crippen molar-refractivity contribution in [3.8, 4) is 0 Å². The monoisotopic (exact) mass is 265 g/mol. The van der Waals surface area contributed by atoms with E-state index in [0.29, 0.717) is 0 Å². The van der Waals surface area contributed by atoms with Crippen molar-refractivity contribution < 1.29 is 27.8 Å². The lowest BCUT2D eigenvalue weighted by atomic mass is 10.2. The van der Waals surface area contributed by atoms with Crippen LogP contribution in [0.15, 0.2) is 0 Å². The molecule has 0 unspecified atom stereocenters. The van der Waals surface area contributed by atoms with Crippen molar-refractivity contribution in [1.29, 1.82) is 0 Å². The summed E-state index contributed by atoms with van der Waals surface area (Å²) in [5.41, 5.74) is -2.61. The maximum Gasteiger partial charge on any atom is 0.408 e. The van der Waals surface area contributed by atoms with Gasteiger partial charge in [-0.3, -0.25) is 4.79 Å². The molecular formula is C11H17F2NO4. The average Bonchev–Trinajstić information content (AvgIpc) is 2.61. The first-order chi connectivity index (χ1) is 7.97. The Labute approximate surface area is 104 Å². The van der Waals surface area contributed by atoms with Crippen molar-refractivity contribution >= 4 is 12.1 Å². The summed E-state index contributed by atoms with van der Waals surface area (Å²) in [6.07, 6.45) is -1.51. The largest absolute Gasteiger partial charge is 0.463 e. The van der Waals surface area contributed by atoms with Crippen LogP contribution >= 0.6 is 0 Å². The molecule has 1 rings (SSSR count). The molecule has 1 aliphatic carbocycles. The van der Waals surface area contributed by atoms with Crippen LogP contribution < -0.4 is 5.32 Å². The first-order valence-corrected chi connectivity index (χ1v) is 5.50. The number of ether oxygens (including phenoxy) is 2. The molecule has 1 saturated carbocycles. The Kier molecular flexibility index (Phi) is 3.56. The zero-order chi connectivity index (χ0) is 14.2. The van der Waals surface area contributed by atoms with E-state index < -0.39 is 42.2 Å². The number of halogens is 2. The molecule has 0 heterocycles. The van der Waals surface area contributed by atoms with Crippen LogP contribution in [0.2, 0.25) is 0 Å². The van der Waals surface area contributed by atoms with Crippen molar-refractivity contribution in [1.82, 2.24) is 5.32 Å². The summed E-state index contributed by atoms with van der Waals surface area (Å²) in [5, 5.41) is 2.08. The molecule has 0 spiro atoms. The average molecular weight is 265 g/mol. The summed E-state index contributed by atoms with van der Waals surface area (Å²) in [7, 11) is 0. The number of carbonyl (C=O) groups is 2. The molecule has 0 bridgehead atoms. The molecule has 7 heteroatoms. The van der Waals surface area contributed by atoms with Crippen LogP contribution in [0.25, 0.3) is 0 Å². The van der Waals surface area contributed by atoms with E-state index in [4.69, 9.17) is 4.74 Å². The van der Waals surface area contributed by atoms with Gasteiger partial charge < -0.3 is 14.8 Å². The van der Waals surface area contributed by atoms with Crippen LogP contribution in [0.1, 0.15) is 34.1 Å². The molecule has 0 radical (unpaired) electrons. The van der Waals surface area contributed by atoms with Crippen LogP contribution in [0.5, 0.6) is 0 Å². The molecule has 0 aliphatic heterocycles. The summed E-state index contributed by atoms with van der Waals surface area (Å²) in [4.78, 5) is 22.1. The highest BCUT2D eigenvalue weighted by Crippen LogP contribution is 2.52. The molecule has 0 aromatic carbocycles. The zero-order valence-electron chi connectivity index (χ0n) is 10.8. The highest BCUT2D eigenvalue weighted by molar-refractivity contribution is 5.70. The van der Waals surface area contributed by atoms with Crippen molar-refractivity contribution in [2.75, 3.05) is 6.61 Å². The predicted molar refractivity (Wildman–Crippen MR) is 58.3 cm³/mol. The smallest absolute Gasteiger partial charge is 0.408 e. The molecule has 1 amide bonds. The van der Waals surface area contributed by atoms with Crippen molar-refractivity contribution in [2.45, 2.75) is 51.2 Å². The Morgan fingerprint density at radius 1 is 1.33 bits per heavy atom. The predicted octanol–water partition coefficient (Wildman–Crippen LogP) is 1.85. The molecule has 1 aliphatic rings. The number of hydrogen-bond acceptors (Lipinski definition) is 4. The van der Waals surface area contributed by atoms with Gasteiger partial charge in [-0.1, -0.05) is 0 Å². The standard InChI is InChI=1S/C11H17F2NO4/c1-7(15)17-6-10(5-11(10,12)13)14-8(16)18-9(2,3)4/h5-6H2,1-4H3,(H,14,16)/t10-/m0/s1. The van der Waals surface area contributed by atoms with Gasteiger partial charge in [0.15, 0.2) is 0 Å². The Balaban J connectivity index is 2.60. The number of hydrogen-bond donors (Lipinski definition) is 1. The lowest BCUT2D eigenvalue weighted by Crippen LogP contribution is -2.47. The maximum absolute atomic E-state index is 13.2. The van der Waals surface area contributed by atoms with Gasteiger partial charge in [-0.05, 0) is 20.8 Å². The van der Waals surface area contributed by atoms with E-state index in [-0.39, 0.29) is 0 Å². The van der Waals surface area contributed by atoms with Crippen molar-refractivity contribution in [3.05, 3.63) is 0 Å². The Bertz CT molecular complexity index is 365. The van der Waals surface area contributed by atoms with E-state index in [0.717, 1.165) is 6.92 Å². The number of esters is 1. The minimum Gasteiger partial charge on any atom is -0.463 e. The Morgan fingerprint density at radius 3 is 2.17 bits per heavy atom. The molecule has 104 valence electrons. The van der Waals surface area contributed by atoms with Gasteiger partial charge in [-0.25, -0.2) is 13.6 Å². The first kappa shape index (κ1) is 14.7. The Hall–Kier alpha value is -1.40. The normalized spacial score (nSPS) is 25.2. The molecule has 5 nitrogen and oxygen atoms in total. The number of carbonyl (C=O) groups excluding carboxylic acids is 2. The number of alkyl halides is 2. The SMILES string of the molecule is CC(=O)OC[C@@]1(NC(=O)OC(C)(C)C)CC1(F)F. The lowest BCUT2D eigenvalue weighted by Gasteiger charge is -2.23. The Morgan fingerprint density at radius 2 is 1.83 bits per heavy atom. The van der Waals surface area contributed by atoms with Gasteiger partial charge in [-0.2, -0.15) is 0 Å². The minimum absolute atomic E-state index is 0.561. The van der Waals surface area contributed by atoms with E-state index in [9.17, 15) is 18.4 Å². The van der Waals surface area contributed by atoms with Crippen molar-refractivity contribution in [3.63, 3.8) is 0 Å². The molecule has 1 atom stereocenters. The van der Waals surface area contributed by atoms with Crippen LogP contribution in [0.3, 0.4) is 0 Å². The number of amides is 1. The summed E-state index contributed by atoms with van der Waals surface area (Å²) in [6.45, 7) is 5.42. The van der Waals surface area contributed by atoms with E-state index in [1.807, 2.05) is 0 Å². The van der Waals surface area contributed by atoms with Gasteiger partial charge in [0.25, 0.3) is 5.92 Å². The first-order valence-electron chi connectivity index (χ1n) is 5.50. The van der Waals surface area contributed by atoms with Crippen LogP contribution in [0, 0.1) is 0 Å². The highest BCUT2D eigenvalue weighted by Gasteiger charge is 2.73. The maximum atomic E-state index is 13.2. The molecule has 0 aromatic heterocycles. The summed E-state index contributed by atoms with van der Waals surface area (Å²) >= 11 is 0. The van der Waals surface area contributed by atoms with E-state index >= 15 is 0 Å². The fourth-order valence-corrected chi connectivity index (χ4v) is 1.39. The van der Waals surface area contributed by atoms with Crippen LogP contribution in [-0.2, 0) is 14.3 Å². The van der Waals surface area contributed by atoms with Crippen LogP contribution in [0.4, 0.5) is 13.6 Å². The van der Waals surface area contributed by atoms with Gasteiger partial charge in [-0.15, -0.1) is 0 Å². The van der Waals surface area contributed by atoms with Gasteiger partial charge in [0.05, 0.1) is 0 Å². The summed E-state index contributed by atoms with van der Waals surface area (Å²) < 4.78 is 35.9. The lowest BCUT2D eigenvalue weighted by molar-refractivity contribution is -0.143. The molecule has 1 fully saturated rings. The molecule has 18 heavy (non-hydrogen) atoms. The second-order valence-corrected chi connectivity index (χ2v) is 5.37. The van der Waals surface area contributed by atoms with Gasteiger partial charge in [0.1, 0.15) is 17.7 Å². The van der Waals surface area contributed by atoms with E-state index in [2.05, 4.69) is 10.1 Å².